The van der Waals surface area contributed by atoms with Gasteiger partial charge in [-0.25, -0.2) is 14.2 Å². The van der Waals surface area contributed by atoms with Gasteiger partial charge >= 0.3 is 0 Å². The molecular weight excluding hydrogens is 262 g/mol. The first-order valence-electron chi connectivity index (χ1n) is 6.98. The Kier molecular flexibility index (Phi) is 4.73. The van der Waals surface area contributed by atoms with Crippen molar-refractivity contribution in [2.75, 3.05) is 7.11 Å². The predicted molar refractivity (Wildman–Crippen MR) is 73.8 cm³/mol. The average molecular weight is 284 g/mol. The molecule has 1 atom stereocenters. The van der Waals surface area contributed by atoms with Crippen LogP contribution in [0.1, 0.15) is 44.2 Å². The van der Waals surface area contributed by atoms with Crippen molar-refractivity contribution in [2.45, 2.75) is 44.2 Å². The largest absolute Gasteiger partial charge is 0.376 e. The Bertz CT molecular complexity index is 459. The van der Waals surface area contributed by atoms with E-state index in [0.717, 1.165) is 31.7 Å². The van der Waals surface area contributed by atoms with Gasteiger partial charge < -0.3 is 4.74 Å². The van der Waals surface area contributed by atoms with Gasteiger partial charge in [-0.15, -0.1) is 0 Å². The Hall–Kier alpha value is -1.04. The molecule has 5 heteroatoms. The number of rotatable bonds is 4. The Labute approximate surface area is 118 Å². The summed E-state index contributed by atoms with van der Waals surface area (Å²) in [5, 5.41) is 0. The third-order valence-corrected chi connectivity index (χ3v) is 4.49. The molecule has 1 aliphatic rings. The van der Waals surface area contributed by atoms with E-state index in [9.17, 15) is 8.78 Å². The van der Waals surface area contributed by atoms with Crippen LogP contribution >= 0.6 is 0 Å². The van der Waals surface area contributed by atoms with Gasteiger partial charge in [-0.1, -0.05) is 13.0 Å². The van der Waals surface area contributed by atoms with Crippen molar-refractivity contribution in [2.24, 2.45) is 11.8 Å². The highest BCUT2D eigenvalue weighted by atomic mass is 19.1. The van der Waals surface area contributed by atoms with Crippen LogP contribution in [0.5, 0.6) is 0 Å². The Morgan fingerprint density at radius 3 is 2.50 bits per heavy atom. The van der Waals surface area contributed by atoms with Crippen molar-refractivity contribution in [1.29, 1.82) is 0 Å². The molecule has 0 radical (unpaired) electrons. The first-order valence-corrected chi connectivity index (χ1v) is 6.98. The van der Waals surface area contributed by atoms with Gasteiger partial charge in [-0.2, -0.15) is 0 Å². The molecule has 1 aromatic rings. The van der Waals surface area contributed by atoms with Gasteiger partial charge in [0.05, 0.1) is 11.6 Å². The molecule has 3 nitrogen and oxygen atoms in total. The van der Waals surface area contributed by atoms with E-state index >= 15 is 0 Å². The monoisotopic (exact) mass is 284 g/mol. The van der Waals surface area contributed by atoms with E-state index in [1.807, 2.05) is 0 Å². The van der Waals surface area contributed by atoms with Crippen LogP contribution in [0, 0.1) is 17.6 Å². The zero-order valence-corrected chi connectivity index (χ0v) is 12.0. The number of hydrogen-bond acceptors (Lipinski definition) is 3. The molecular formula is C15H22F2N2O. The van der Waals surface area contributed by atoms with E-state index in [1.165, 1.54) is 12.1 Å². The first-order chi connectivity index (χ1) is 9.52. The molecule has 1 aliphatic carbocycles. The van der Waals surface area contributed by atoms with Gasteiger partial charge in [0.25, 0.3) is 0 Å². The van der Waals surface area contributed by atoms with Gasteiger partial charge in [-0.3, -0.25) is 5.84 Å². The molecule has 0 amide bonds. The van der Waals surface area contributed by atoms with E-state index < -0.39 is 23.3 Å². The zero-order chi connectivity index (χ0) is 14.8. The lowest BCUT2D eigenvalue weighted by atomic mass is 9.73. The molecule has 0 aromatic heterocycles. The van der Waals surface area contributed by atoms with Crippen LogP contribution in [0.3, 0.4) is 0 Å². The second kappa shape index (κ2) is 6.16. The Balaban J connectivity index is 2.34. The molecule has 1 aromatic carbocycles. The van der Waals surface area contributed by atoms with Crippen molar-refractivity contribution < 1.29 is 13.5 Å². The van der Waals surface area contributed by atoms with E-state index in [2.05, 4.69) is 12.3 Å². The topological polar surface area (TPSA) is 47.3 Å². The second-order valence-corrected chi connectivity index (χ2v) is 5.72. The summed E-state index contributed by atoms with van der Waals surface area (Å²) >= 11 is 0. The molecule has 0 saturated heterocycles. The van der Waals surface area contributed by atoms with Crippen LogP contribution < -0.4 is 11.3 Å². The lowest BCUT2D eigenvalue weighted by molar-refractivity contribution is -0.0768. The maximum absolute atomic E-state index is 14.0. The lowest BCUT2D eigenvalue weighted by Gasteiger charge is -2.44. The van der Waals surface area contributed by atoms with Gasteiger partial charge in [0.1, 0.15) is 11.6 Å². The highest BCUT2D eigenvalue weighted by Crippen LogP contribution is 2.43. The number of nitrogens with two attached hydrogens (primary N) is 1. The molecule has 2 rings (SSSR count). The van der Waals surface area contributed by atoms with E-state index in [0.29, 0.717) is 11.5 Å². The summed E-state index contributed by atoms with van der Waals surface area (Å²) in [7, 11) is 1.63. The summed E-state index contributed by atoms with van der Waals surface area (Å²) in [5.74, 6) is 5.10. The fourth-order valence-electron chi connectivity index (χ4n) is 3.12. The molecule has 0 aliphatic heterocycles. The Morgan fingerprint density at radius 1 is 1.35 bits per heavy atom. The maximum atomic E-state index is 14.0. The normalized spacial score (nSPS) is 28.4. The van der Waals surface area contributed by atoms with E-state index in [4.69, 9.17) is 10.6 Å². The summed E-state index contributed by atoms with van der Waals surface area (Å²) in [5.41, 5.74) is 2.48. The summed E-state index contributed by atoms with van der Waals surface area (Å²) in [6, 6.07) is 3.08. The molecule has 1 unspecified atom stereocenters. The highest BCUT2D eigenvalue weighted by molar-refractivity contribution is 5.25. The highest BCUT2D eigenvalue weighted by Gasteiger charge is 2.42. The molecule has 0 bridgehead atoms. The summed E-state index contributed by atoms with van der Waals surface area (Å²) in [6.07, 6.45) is 3.62. The van der Waals surface area contributed by atoms with Crippen molar-refractivity contribution in [3.63, 3.8) is 0 Å². The molecule has 3 N–H and O–H groups in total. The van der Waals surface area contributed by atoms with Gasteiger partial charge in [-0.05, 0) is 37.7 Å². The fourth-order valence-corrected chi connectivity index (χ4v) is 3.12. The number of methoxy groups -OCH3 is 1. The predicted octanol–water partition coefficient (Wildman–Crippen LogP) is 3.06. The molecule has 0 heterocycles. The molecule has 1 saturated carbocycles. The minimum Gasteiger partial charge on any atom is -0.376 e. The molecule has 112 valence electrons. The number of hydrazine groups is 1. The van der Waals surface area contributed by atoms with Crippen LogP contribution in [0.4, 0.5) is 8.78 Å². The third-order valence-electron chi connectivity index (χ3n) is 4.49. The smallest absolute Gasteiger partial charge is 0.131 e. The van der Waals surface area contributed by atoms with Gasteiger partial charge in [0, 0.05) is 18.7 Å². The minimum absolute atomic E-state index is 0.352. The fraction of sp³-hybridized carbons (Fsp3) is 0.600. The zero-order valence-electron chi connectivity index (χ0n) is 12.0. The molecule has 0 spiro atoms. The summed E-state index contributed by atoms with van der Waals surface area (Å²) in [6.45, 7) is 2.20. The van der Waals surface area contributed by atoms with Crippen LogP contribution in [-0.2, 0) is 4.74 Å². The molecule has 20 heavy (non-hydrogen) atoms. The number of halogens is 2. The number of nitrogens with one attached hydrogen (secondary N) is 1. The number of ether oxygens (including phenoxy) is 1. The minimum atomic E-state index is -0.594. The van der Waals surface area contributed by atoms with Crippen LogP contribution in [-0.4, -0.2) is 12.7 Å². The summed E-state index contributed by atoms with van der Waals surface area (Å²) in [4.78, 5) is 0. The van der Waals surface area contributed by atoms with E-state index in [-0.39, 0.29) is 0 Å². The average Bonchev–Trinajstić information content (AvgIpc) is 2.44. The summed E-state index contributed by atoms with van der Waals surface area (Å²) < 4.78 is 32.8. The molecule has 1 fully saturated rings. The first kappa shape index (κ1) is 15.4. The van der Waals surface area contributed by atoms with E-state index in [1.54, 1.807) is 7.11 Å². The lowest BCUT2D eigenvalue weighted by Crippen LogP contribution is -2.50. The Morgan fingerprint density at radius 2 is 2.00 bits per heavy atom. The van der Waals surface area contributed by atoms with Gasteiger partial charge in [0.2, 0.25) is 0 Å². The van der Waals surface area contributed by atoms with Crippen LogP contribution in [0.2, 0.25) is 0 Å². The van der Waals surface area contributed by atoms with Crippen molar-refractivity contribution >= 4 is 0 Å². The van der Waals surface area contributed by atoms with Gasteiger partial charge in [0.15, 0.2) is 0 Å². The van der Waals surface area contributed by atoms with Crippen LogP contribution in [0.15, 0.2) is 18.2 Å². The quantitative estimate of drug-likeness (QED) is 0.660. The van der Waals surface area contributed by atoms with Crippen molar-refractivity contribution in [3.8, 4) is 0 Å². The van der Waals surface area contributed by atoms with Crippen molar-refractivity contribution in [3.05, 3.63) is 35.4 Å². The van der Waals surface area contributed by atoms with Crippen LogP contribution in [0.25, 0.3) is 0 Å². The number of benzene rings is 1. The second-order valence-electron chi connectivity index (χ2n) is 5.72. The maximum Gasteiger partial charge on any atom is 0.131 e. The number of hydrogen-bond donors (Lipinski definition) is 2. The SMILES string of the molecule is COC1(C(NN)c2ccc(F)cc2F)CCC(C)CC1. The standard InChI is InChI=1S/C15H22F2N2O/c1-10-5-7-15(20-2,8-6-10)14(19-18)12-4-3-11(16)9-13(12)17/h3-4,9-10,14,19H,5-8,18H2,1-2H3. The third kappa shape index (κ3) is 2.85. The van der Waals surface area contributed by atoms with Crippen molar-refractivity contribution in [1.82, 2.24) is 5.43 Å².